The highest BCUT2D eigenvalue weighted by Gasteiger charge is 2.33. The number of hydrogen-bond acceptors (Lipinski definition) is 6. The van der Waals surface area contributed by atoms with E-state index in [9.17, 15) is 19.8 Å². The van der Waals surface area contributed by atoms with E-state index in [1.807, 2.05) is 60.7 Å². The van der Waals surface area contributed by atoms with Crippen LogP contribution in [-0.4, -0.2) is 58.4 Å². The zero-order valence-corrected chi connectivity index (χ0v) is 19.9. The van der Waals surface area contributed by atoms with Gasteiger partial charge in [0.15, 0.2) is 11.7 Å². The number of aliphatic hydroxyl groups is 2. The van der Waals surface area contributed by atoms with Gasteiger partial charge in [-0.25, -0.2) is 0 Å². The Hall–Kier alpha value is -3.47. The maximum atomic E-state index is 13.2. The average Bonchev–Trinajstić information content (AvgIpc) is 2.80. The Kier molecular flexibility index (Phi) is 10.7. The molecule has 2 aromatic carbocycles. The van der Waals surface area contributed by atoms with E-state index in [0.29, 0.717) is 12.8 Å². The maximum absolute atomic E-state index is 13.2. The second kappa shape index (κ2) is 13.4. The van der Waals surface area contributed by atoms with Gasteiger partial charge in [-0.1, -0.05) is 60.7 Å². The zero-order chi connectivity index (χ0) is 25.8. The van der Waals surface area contributed by atoms with Crippen molar-refractivity contribution in [3.63, 3.8) is 0 Å². The fourth-order valence-electron chi connectivity index (χ4n) is 3.56. The third kappa shape index (κ3) is 10.1. The van der Waals surface area contributed by atoms with Gasteiger partial charge < -0.3 is 38.0 Å². The van der Waals surface area contributed by atoms with E-state index in [1.165, 1.54) is 6.92 Å². The molecule has 0 spiro atoms. The monoisotopic (exact) mass is 484 g/mol. The van der Waals surface area contributed by atoms with Crippen LogP contribution >= 0.6 is 0 Å². The van der Waals surface area contributed by atoms with Crippen molar-refractivity contribution < 1.29 is 19.8 Å². The number of rotatable bonds is 13. The summed E-state index contributed by atoms with van der Waals surface area (Å²) in [5, 5.41) is 25.8. The molecule has 0 saturated carbocycles. The van der Waals surface area contributed by atoms with E-state index in [-0.39, 0.29) is 25.3 Å². The summed E-state index contributed by atoms with van der Waals surface area (Å²) in [5.41, 5.74) is 18.5. The Morgan fingerprint density at radius 1 is 0.914 bits per heavy atom. The Morgan fingerprint density at radius 3 is 1.97 bits per heavy atom. The van der Waals surface area contributed by atoms with E-state index in [4.69, 9.17) is 17.2 Å². The van der Waals surface area contributed by atoms with E-state index in [0.717, 1.165) is 11.1 Å². The van der Waals surface area contributed by atoms with Crippen LogP contribution in [0.15, 0.2) is 65.7 Å². The van der Waals surface area contributed by atoms with Crippen LogP contribution in [0.5, 0.6) is 0 Å². The fraction of sp³-hybridized carbons (Fsp3) is 0.400. The lowest BCUT2D eigenvalue weighted by atomic mass is 10.00. The minimum Gasteiger partial charge on any atom is -0.370 e. The van der Waals surface area contributed by atoms with Crippen molar-refractivity contribution >= 4 is 17.8 Å². The van der Waals surface area contributed by atoms with Gasteiger partial charge in [0.1, 0.15) is 6.04 Å². The van der Waals surface area contributed by atoms with Crippen LogP contribution < -0.4 is 27.8 Å². The minimum absolute atomic E-state index is 0.0705. The molecule has 0 bridgehead atoms. The van der Waals surface area contributed by atoms with Crippen LogP contribution in [0.2, 0.25) is 0 Å². The van der Waals surface area contributed by atoms with Gasteiger partial charge in [-0.15, -0.1) is 0 Å². The van der Waals surface area contributed by atoms with Crippen molar-refractivity contribution in [3.8, 4) is 0 Å². The van der Waals surface area contributed by atoms with E-state index < -0.39 is 35.7 Å². The molecule has 2 rings (SSSR count). The van der Waals surface area contributed by atoms with E-state index in [1.54, 1.807) is 0 Å². The first-order chi connectivity index (χ1) is 16.6. The molecule has 0 aliphatic rings. The quantitative estimate of drug-likeness (QED) is 0.0865. The van der Waals surface area contributed by atoms with E-state index >= 15 is 0 Å². The number of aliphatic imine (C=N–C) groups is 1. The molecule has 0 radical (unpaired) electrons. The molecular weight excluding hydrogens is 448 g/mol. The molecule has 0 aromatic heterocycles. The molecule has 2 amide bonds. The summed E-state index contributed by atoms with van der Waals surface area (Å²) >= 11 is 0. The molecular formula is C25H36N6O4. The molecule has 0 unspecified atom stereocenters. The van der Waals surface area contributed by atoms with Crippen LogP contribution in [0.3, 0.4) is 0 Å². The van der Waals surface area contributed by atoms with Gasteiger partial charge in [0.2, 0.25) is 11.8 Å². The first kappa shape index (κ1) is 27.8. The summed E-state index contributed by atoms with van der Waals surface area (Å²) in [5.74, 6) is -3.31. The van der Waals surface area contributed by atoms with Crippen LogP contribution in [0.1, 0.15) is 30.9 Å². The topological polar surface area (TPSA) is 189 Å². The number of carbonyl (C=O) groups is 2. The SMILES string of the molecule is CC(O)(O)[C@H](CCCN=C(N)N)NC(=O)[C@H](Cc1ccccc1)NC(=O)[C@H](N)Cc1ccccc1. The Bertz CT molecular complexity index is 959. The van der Waals surface area contributed by atoms with Crippen LogP contribution in [-0.2, 0) is 22.4 Å². The summed E-state index contributed by atoms with van der Waals surface area (Å²) in [7, 11) is 0. The molecule has 0 saturated heterocycles. The smallest absolute Gasteiger partial charge is 0.243 e. The number of hydrogen-bond donors (Lipinski definition) is 7. The third-order valence-corrected chi connectivity index (χ3v) is 5.47. The molecule has 10 N–H and O–H groups in total. The van der Waals surface area contributed by atoms with Crippen molar-refractivity contribution in [3.05, 3.63) is 71.8 Å². The highest BCUT2D eigenvalue weighted by molar-refractivity contribution is 5.90. The highest BCUT2D eigenvalue weighted by atomic mass is 16.5. The number of nitrogens with one attached hydrogen (secondary N) is 2. The van der Waals surface area contributed by atoms with Crippen molar-refractivity contribution in [2.45, 2.75) is 56.5 Å². The highest BCUT2D eigenvalue weighted by Crippen LogP contribution is 2.13. The van der Waals surface area contributed by atoms with Gasteiger partial charge in [0.05, 0.1) is 12.1 Å². The molecule has 10 heteroatoms. The van der Waals surface area contributed by atoms with Gasteiger partial charge in [0, 0.05) is 13.0 Å². The predicted molar refractivity (Wildman–Crippen MR) is 135 cm³/mol. The van der Waals surface area contributed by atoms with Crippen LogP contribution in [0.25, 0.3) is 0 Å². The minimum atomic E-state index is -2.20. The number of nitrogens with two attached hydrogens (primary N) is 3. The lowest BCUT2D eigenvalue weighted by Crippen LogP contribution is -2.58. The second-order valence-corrected chi connectivity index (χ2v) is 8.65. The van der Waals surface area contributed by atoms with Gasteiger partial charge in [0.25, 0.3) is 0 Å². The lowest BCUT2D eigenvalue weighted by Gasteiger charge is -2.31. The molecule has 3 atom stereocenters. The summed E-state index contributed by atoms with van der Waals surface area (Å²) in [6.07, 6.45) is 1.11. The number of benzene rings is 2. The molecule has 0 fully saturated rings. The van der Waals surface area contributed by atoms with Crippen molar-refractivity contribution in [2.24, 2.45) is 22.2 Å². The average molecular weight is 485 g/mol. The summed E-state index contributed by atoms with van der Waals surface area (Å²) in [4.78, 5) is 29.9. The summed E-state index contributed by atoms with van der Waals surface area (Å²) < 4.78 is 0. The van der Waals surface area contributed by atoms with Crippen LogP contribution in [0.4, 0.5) is 0 Å². The zero-order valence-electron chi connectivity index (χ0n) is 19.9. The third-order valence-electron chi connectivity index (χ3n) is 5.47. The normalized spacial score (nSPS) is 13.8. The van der Waals surface area contributed by atoms with E-state index in [2.05, 4.69) is 15.6 Å². The number of guanidine groups is 1. The molecule has 10 nitrogen and oxygen atoms in total. The fourth-order valence-corrected chi connectivity index (χ4v) is 3.56. The van der Waals surface area contributed by atoms with Gasteiger partial charge in [-0.05, 0) is 37.3 Å². The van der Waals surface area contributed by atoms with Crippen LogP contribution in [0, 0.1) is 0 Å². The van der Waals surface area contributed by atoms with Crippen molar-refractivity contribution in [2.75, 3.05) is 6.54 Å². The first-order valence-corrected chi connectivity index (χ1v) is 11.5. The number of amides is 2. The molecule has 2 aromatic rings. The Morgan fingerprint density at radius 2 is 1.46 bits per heavy atom. The number of nitrogens with zero attached hydrogens (tertiary/aromatic N) is 1. The van der Waals surface area contributed by atoms with Gasteiger partial charge >= 0.3 is 0 Å². The largest absolute Gasteiger partial charge is 0.370 e. The molecule has 0 aliphatic carbocycles. The Balaban J connectivity index is 2.12. The molecule has 35 heavy (non-hydrogen) atoms. The maximum Gasteiger partial charge on any atom is 0.243 e. The molecule has 0 heterocycles. The molecule has 190 valence electrons. The molecule has 0 aliphatic heterocycles. The van der Waals surface area contributed by atoms with Crippen molar-refractivity contribution in [1.29, 1.82) is 0 Å². The first-order valence-electron chi connectivity index (χ1n) is 11.5. The van der Waals surface area contributed by atoms with Crippen molar-refractivity contribution in [1.82, 2.24) is 10.6 Å². The lowest BCUT2D eigenvalue weighted by molar-refractivity contribution is -0.173. The summed E-state index contributed by atoms with van der Waals surface area (Å²) in [6, 6.07) is 15.7. The van der Waals surface area contributed by atoms with Gasteiger partial charge in [-0.2, -0.15) is 0 Å². The predicted octanol–water partition coefficient (Wildman–Crippen LogP) is -0.477. The standard InChI is InChI=1S/C25H36N6O4/c1-25(34,35)21(13-8-14-29-24(27)28)31-23(33)20(16-18-11-6-3-7-12-18)30-22(32)19(26)15-17-9-4-2-5-10-17/h2-7,9-12,19-21,34-35H,8,13-16,26H2,1H3,(H,30,32)(H,31,33)(H4,27,28,29)/t19-,20+,21+/m1/s1. The second-order valence-electron chi connectivity index (χ2n) is 8.65. The number of carbonyl (C=O) groups excluding carboxylic acids is 2. The Labute approximate surface area is 205 Å². The summed E-state index contributed by atoms with van der Waals surface area (Å²) in [6.45, 7) is 1.45. The van der Waals surface area contributed by atoms with Gasteiger partial charge in [-0.3, -0.25) is 14.6 Å².